The van der Waals surface area contributed by atoms with Gasteiger partial charge in [0.15, 0.2) is 17.5 Å². The molecule has 3 rings (SSSR count). The van der Waals surface area contributed by atoms with Crippen LogP contribution in [0.25, 0.3) is 0 Å². The molecule has 0 radical (unpaired) electrons. The van der Waals surface area contributed by atoms with E-state index in [2.05, 4.69) is 5.32 Å². The van der Waals surface area contributed by atoms with Gasteiger partial charge in [0.25, 0.3) is 0 Å². The molecule has 1 aromatic heterocycles. The molecule has 1 fully saturated rings. The summed E-state index contributed by atoms with van der Waals surface area (Å²) in [7, 11) is 0. The van der Waals surface area contributed by atoms with Crippen LogP contribution in [-0.4, -0.2) is 35.7 Å². The van der Waals surface area contributed by atoms with Gasteiger partial charge in [-0.1, -0.05) is 0 Å². The number of nitrogens with zero attached hydrogens (tertiary/aromatic N) is 1. The van der Waals surface area contributed by atoms with E-state index < -0.39 is 47.4 Å². The second-order valence-corrected chi connectivity index (χ2v) is 6.24. The van der Waals surface area contributed by atoms with Crippen LogP contribution in [0.15, 0.2) is 34.9 Å². The summed E-state index contributed by atoms with van der Waals surface area (Å²) in [5, 5.41) is 4.39. The molecule has 0 aliphatic carbocycles. The van der Waals surface area contributed by atoms with E-state index in [1.54, 1.807) is 12.1 Å². The summed E-state index contributed by atoms with van der Waals surface area (Å²) in [5.41, 5.74) is -0.543. The molecule has 3 amide bonds. The molecule has 1 unspecified atom stereocenters. The van der Waals surface area contributed by atoms with Gasteiger partial charge in [-0.2, -0.15) is 0 Å². The molecule has 28 heavy (non-hydrogen) atoms. The van der Waals surface area contributed by atoms with Gasteiger partial charge in [-0.15, -0.1) is 0 Å². The quantitative estimate of drug-likeness (QED) is 0.730. The highest BCUT2D eigenvalue weighted by Crippen LogP contribution is 2.21. The fourth-order valence-electron chi connectivity index (χ4n) is 2.82. The van der Waals surface area contributed by atoms with Crippen LogP contribution in [0, 0.1) is 23.4 Å². The van der Waals surface area contributed by atoms with Crippen molar-refractivity contribution in [1.29, 1.82) is 0 Å². The zero-order valence-electron chi connectivity index (χ0n) is 14.5. The summed E-state index contributed by atoms with van der Waals surface area (Å²) in [6, 6.07) is 4.94. The number of furan rings is 1. The summed E-state index contributed by atoms with van der Waals surface area (Å²) in [5.74, 6) is -6.24. The highest BCUT2D eigenvalue weighted by Gasteiger charge is 2.34. The fourth-order valence-corrected chi connectivity index (χ4v) is 2.82. The monoisotopic (exact) mass is 395 g/mol. The van der Waals surface area contributed by atoms with Crippen molar-refractivity contribution in [3.8, 4) is 0 Å². The molecule has 1 saturated heterocycles. The number of anilines is 1. The van der Waals surface area contributed by atoms with Crippen molar-refractivity contribution in [2.24, 2.45) is 5.92 Å². The normalized spacial score (nSPS) is 16.3. The van der Waals surface area contributed by atoms with Crippen LogP contribution in [0.3, 0.4) is 0 Å². The Balaban J connectivity index is 1.49. The van der Waals surface area contributed by atoms with E-state index in [9.17, 15) is 27.6 Å². The van der Waals surface area contributed by atoms with Crippen molar-refractivity contribution in [2.75, 3.05) is 18.4 Å². The zero-order chi connectivity index (χ0) is 20.3. The van der Waals surface area contributed by atoms with Crippen LogP contribution in [0.1, 0.15) is 12.2 Å². The molecule has 1 atom stereocenters. The largest absolute Gasteiger partial charge is 0.467 e. The Morgan fingerprint density at radius 3 is 2.68 bits per heavy atom. The summed E-state index contributed by atoms with van der Waals surface area (Å²) in [4.78, 5) is 37.5. The first-order valence-corrected chi connectivity index (χ1v) is 8.36. The third-order valence-electron chi connectivity index (χ3n) is 4.24. The van der Waals surface area contributed by atoms with E-state index in [0.29, 0.717) is 11.8 Å². The Morgan fingerprint density at radius 2 is 1.96 bits per heavy atom. The second-order valence-electron chi connectivity index (χ2n) is 6.24. The smallest absolute Gasteiger partial charge is 0.243 e. The number of rotatable bonds is 6. The molecular weight excluding hydrogens is 379 g/mol. The van der Waals surface area contributed by atoms with E-state index in [1.807, 2.05) is 5.32 Å². The first-order chi connectivity index (χ1) is 13.3. The van der Waals surface area contributed by atoms with Gasteiger partial charge in [0, 0.05) is 13.0 Å². The van der Waals surface area contributed by atoms with Crippen LogP contribution in [0.2, 0.25) is 0 Å². The van der Waals surface area contributed by atoms with E-state index in [-0.39, 0.29) is 25.4 Å². The van der Waals surface area contributed by atoms with Crippen molar-refractivity contribution in [3.05, 3.63) is 53.7 Å². The molecule has 2 N–H and O–H groups in total. The Morgan fingerprint density at radius 1 is 1.18 bits per heavy atom. The van der Waals surface area contributed by atoms with E-state index >= 15 is 0 Å². The van der Waals surface area contributed by atoms with Crippen molar-refractivity contribution in [2.45, 2.75) is 13.0 Å². The van der Waals surface area contributed by atoms with Crippen molar-refractivity contribution in [3.63, 3.8) is 0 Å². The average Bonchev–Trinajstić information content (AvgIpc) is 3.31. The predicted octanol–water partition coefficient (Wildman–Crippen LogP) is 1.80. The maximum absolute atomic E-state index is 13.5. The predicted molar refractivity (Wildman–Crippen MR) is 90.2 cm³/mol. The van der Waals surface area contributed by atoms with Gasteiger partial charge in [0.05, 0.1) is 31.0 Å². The van der Waals surface area contributed by atoms with Crippen LogP contribution in [-0.2, 0) is 20.9 Å². The lowest BCUT2D eigenvalue weighted by Gasteiger charge is -2.15. The number of halogens is 3. The Kier molecular flexibility index (Phi) is 5.67. The minimum Gasteiger partial charge on any atom is -0.467 e. The molecule has 10 heteroatoms. The SMILES string of the molecule is O=C(CNC(=O)C1CC(=O)N(Cc2ccco2)C1)Nc1ccc(F)c(F)c1F. The molecule has 2 heterocycles. The van der Waals surface area contributed by atoms with Crippen LogP contribution in [0.4, 0.5) is 18.9 Å². The molecule has 0 spiro atoms. The van der Waals surface area contributed by atoms with Crippen LogP contribution < -0.4 is 10.6 Å². The minimum absolute atomic E-state index is 0.00797. The molecule has 0 saturated carbocycles. The number of hydrogen-bond donors (Lipinski definition) is 2. The summed E-state index contributed by atoms with van der Waals surface area (Å²) >= 11 is 0. The van der Waals surface area contributed by atoms with Gasteiger partial charge >= 0.3 is 0 Å². The lowest BCUT2D eigenvalue weighted by Crippen LogP contribution is -2.38. The maximum atomic E-state index is 13.5. The highest BCUT2D eigenvalue weighted by atomic mass is 19.2. The van der Waals surface area contributed by atoms with Gasteiger partial charge in [-0.05, 0) is 24.3 Å². The molecule has 7 nitrogen and oxygen atoms in total. The molecule has 0 bridgehead atoms. The second kappa shape index (κ2) is 8.15. The fraction of sp³-hybridized carbons (Fsp3) is 0.278. The molecule has 148 valence electrons. The van der Waals surface area contributed by atoms with Crippen LogP contribution in [0.5, 0.6) is 0 Å². The van der Waals surface area contributed by atoms with Crippen LogP contribution >= 0.6 is 0 Å². The van der Waals surface area contributed by atoms with Crippen molar-refractivity contribution < 1.29 is 32.0 Å². The van der Waals surface area contributed by atoms with E-state index in [4.69, 9.17) is 4.42 Å². The number of nitrogens with one attached hydrogen (secondary N) is 2. The standard InChI is InChI=1S/C18H16F3N3O4/c19-12-3-4-13(17(21)16(12)20)23-14(25)7-22-18(27)10-6-15(26)24(8-10)9-11-2-1-5-28-11/h1-5,10H,6-9H2,(H,22,27)(H,23,25). The van der Waals surface area contributed by atoms with Gasteiger partial charge in [0.2, 0.25) is 17.7 Å². The molecule has 1 aliphatic rings. The number of amides is 3. The van der Waals surface area contributed by atoms with Gasteiger partial charge in [-0.25, -0.2) is 13.2 Å². The summed E-state index contributed by atoms with van der Waals surface area (Å²) < 4.78 is 44.8. The molecule has 1 aliphatic heterocycles. The Labute approximate surface area is 157 Å². The molecule has 2 aromatic rings. The summed E-state index contributed by atoms with van der Waals surface area (Å²) in [6.45, 7) is -0.101. The third-order valence-corrected chi connectivity index (χ3v) is 4.24. The number of benzene rings is 1. The molecule has 1 aromatic carbocycles. The number of carbonyl (C=O) groups excluding carboxylic acids is 3. The maximum Gasteiger partial charge on any atom is 0.243 e. The van der Waals surface area contributed by atoms with E-state index in [1.165, 1.54) is 11.2 Å². The lowest BCUT2D eigenvalue weighted by atomic mass is 10.1. The number of hydrogen-bond acceptors (Lipinski definition) is 4. The Hall–Kier alpha value is -3.30. The van der Waals surface area contributed by atoms with Gasteiger partial charge < -0.3 is 20.0 Å². The lowest BCUT2D eigenvalue weighted by molar-refractivity contribution is -0.129. The first kappa shape index (κ1) is 19.5. The molecular formula is C18H16F3N3O4. The average molecular weight is 395 g/mol. The van der Waals surface area contributed by atoms with Crippen molar-refractivity contribution in [1.82, 2.24) is 10.2 Å². The highest BCUT2D eigenvalue weighted by molar-refractivity contribution is 5.96. The number of carbonyl (C=O) groups is 3. The Bertz CT molecular complexity index is 902. The zero-order valence-corrected chi connectivity index (χ0v) is 14.5. The first-order valence-electron chi connectivity index (χ1n) is 8.36. The number of likely N-dealkylation sites (tertiary alicyclic amines) is 1. The minimum atomic E-state index is -1.71. The van der Waals surface area contributed by atoms with Gasteiger partial charge in [0.1, 0.15) is 5.76 Å². The third kappa shape index (κ3) is 4.33. The topological polar surface area (TPSA) is 91.7 Å². The van der Waals surface area contributed by atoms with Gasteiger partial charge in [-0.3, -0.25) is 14.4 Å². The van der Waals surface area contributed by atoms with Crippen molar-refractivity contribution >= 4 is 23.4 Å². The van der Waals surface area contributed by atoms with E-state index in [0.717, 1.165) is 6.07 Å². The summed E-state index contributed by atoms with van der Waals surface area (Å²) in [6.07, 6.45) is 1.47.